The summed E-state index contributed by atoms with van der Waals surface area (Å²) in [5, 5.41) is 4.55. The van der Waals surface area contributed by atoms with E-state index in [0.717, 1.165) is 34.4 Å². The molecule has 0 unspecified atom stereocenters. The molecule has 8 heteroatoms. The maximum absolute atomic E-state index is 12.7. The zero-order valence-corrected chi connectivity index (χ0v) is 15.3. The second-order valence-electron chi connectivity index (χ2n) is 6.56. The zero-order chi connectivity index (χ0) is 20.8. The van der Waals surface area contributed by atoms with Crippen LogP contribution in [0.4, 0.5) is 18.9 Å². The Hall–Kier alpha value is -3.55. The fourth-order valence-corrected chi connectivity index (χ4v) is 3.49. The quantitative estimate of drug-likeness (QED) is 0.521. The molecule has 0 fully saturated rings. The normalized spacial score (nSPS) is 11.9. The standard InChI is InChI=1S/C21H16F3N3O2/c1-2-27-16-6-4-3-5-13(16)15-11-12(7-9-17(15)27)25-19(28)14-8-10-18(21(22,23)24)26-20(14)29/h3-11H,2H2,1H3,(H,25,28)(H,26,29). The smallest absolute Gasteiger partial charge is 0.341 e. The van der Waals surface area contributed by atoms with Gasteiger partial charge in [0.05, 0.1) is 0 Å². The van der Waals surface area contributed by atoms with E-state index >= 15 is 0 Å². The number of H-pyrrole nitrogens is 1. The lowest BCUT2D eigenvalue weighted by molar-refractivity contribution is -0.141. The number of rotatable bonds is 3. The molecule has 0 saturated heterocycles. The van der Waals surface area contributed by atoms with Gasteiger partial charge in [-0.2, -0.15) is 13.2 Å². The number of carbonyl (C=O) groups excluding carboxylic acids is 1. The second-order valence-corrected chi connectivity index (χ2v) is 6.56. The molecule has 5 nitrogen and oxygen atoms in total. The zero-order valence-electron chi connectivity index (χ0n) is 15.3. The summed E-state index contributed by atoms with van der Waals surface area (Å²) >= 11 is 0. The second kappa shape index (κ2) is 6.80. The Morgan fingerprint density at radius 2 is 1.76 bits per heavy atom. The van der Waals surface area contributed by atoms with Crippen molar-refractivity contribution in [1.82, 2.24) is 9.55 Å². The number of nitrogens with zero attached hydrogens (tertiary/aromatic N) is 1. The maximum Gasteiger partial charge on any atom is 0.431 e. The molecular weight excluding hydrogens is 383 g/mol. The van der Waals surface area contributed by atoms with Crippen LogP contribution >= 0.6 is 0 Å². The Morgan fingerprint density at radius 1 is 1.03 bits per heavy atom. The van der Waals surface area contributed by atoms with Crippen molar-refractivity contribution in [2.75, 3.05) is 5.32 Å². The van der Waals surface area contributed by atoms with Crippen molar-refractivity contribution in [2.24, 2.45) is 0 Å². The summed E-state index contributed by atoms with van der Waals surface area (Å²) in [4.78, 5) is 26.1. The molecular formula is C21H16F3N3O2. The van der Waals surface area contributed by atoms with Crippen molar-refractivity contribution in [1.29, 1.82) is 0 Å². The third-order valence-corrected chi connectivity index (χ3v) is 4.81. The molecule has 0 aliphatic heterocycles. The van der Waals surface area contributed by atoms with E-state index in [-0.39, 0.29) is 0 Å². The highest BCUT2D eigenvalue weighted by Crippen LogP contribution is 2.31. The van der Waals surface area contributed by atoms with Crippen LogP contribution in [0.15, 0.2) is 59.4 Å². The number of amides is 1. The number of hydrogen-bond donors (Lipinski definition) is 2. The largest absolute Gasteiger partial charge is 0.431 e. The fraction of sp³-hybridized carbons (Fsp3) is 0.143. The van der Waals surface area contributed by atoms with E-state index in [4.69, 9.17) is 0 Å². The molecule has 2 aromatic carbocycles. The van der Waals surface area contributed by atoms with E-state index in [1.54, 1.807) is 17.1 Å². The van der Waals surface area contributed by atoms with Gasteiger partial charge in [0, 0.05) is 34.0 Å². The lowest BCUT2D eigenvalue weighted by atomic mass is 10.1. The van der Waals surface area contributed by atoms with Gasteiger partial charge in [0.1, 0.15) is 11.3 Å². The average molecular weight is 399 g/mol. The van der Waals surface area contributed by atoms with Crippen molar-refractivity contribution < 1.29 is 18.0 Å². The SMILES string of the molecule is CCn1c2ccccc2c2cc(NC(=O)c3ccc(C(F)(F)F)[nH]c3=O)ccc21. The number of halogens is 3. The lowest BCUT2D eigenvalue weighted by Crippen LogP contribution is -2.25. The number of anilines is 1. The van der Waals surface area contributed by atoms with Gasteiger partial charge in [-0.25, -0.2) is 0 Å². The van der Waals surface area contributed by atoms with Crippen LogP contribution in [0.3, 0.4) is 0 Å². The van der Waals surface area contributed by atoms with Gasteiger partial charge in [0.2, 0.25) is 0 Å². The lowest BCUT2D eigenvalue weighted by Gasteiger charge is -2.08. The van der Waals surface area contributed by atoms with Crippen LogP contribution in [0.2, 0.25) is 0 Å². The minimum atomic E-state index is -4.69. The Kier molecular flexibility index (Phi) is 4.41. The first-order valence-electron chi connectivity index (χ1n) is 8.92. The predicted octanol–water partition coefficient (Wildman–Crippen LogP) is 4.77. The number of nitrogens with one attached hydrogen (secondary N) is 2. The van der Waals surface area contributed by atoms with Crippen LogP contribution in [-0.2, 0) is 12.7 Å². The molecule has 0 saturated carbocycles. The maximum atomic E-state index is 12.7. The Balaban J connectivity index is 1.70. The number of carbonyl (C=O) groups is 1. The summed E-state index contributed by atoms with van der Waals surface area (Å²) in [6.07, 6.45) is -4.69. The topological polar surface area (TPSA) is 66.9 Å². The summed E-state index contributed by atoms with van der Waals surface area (Å²) in [5.74, 6) is -0.779. The molecule has 29 heavy (non-hydrogen) atoms. The third kappa shape index (κ3) is 3.26. The van der Waals surface area contributed by atoms with E-state index in [1.807, 2.05) is 37.3 Å². The molecule has 2 N–H and O–H groups in total. The Bertz CT molecular complexity index is 1300. The first-order chi connectivity index (χ1) is 13.8. The summed E-state index contributed by atoms with van der Waals surface area (Å²) in [5.41, 5.74) is -0.185. The van der Waals surface area contributed by atoms with Gasteiger partial charge in [0.25, 0.3) is 11.5 Å². The van der Waals surface area contributed by atoms with Crippen molar-refractivity contribution in [3.8, 4) is 0 Å². The van der Waals surface area contributed by atoms with Crippen LogP contribution in [-0.4, -0.2) is 15.5 Å². The highest BCUT2D eigenvalue weighted by atomic mass is 19.4. The molecule has 4 aromatic rings. The molecule has 0 spiro atoms. The number of alkyl halides is 3. The molecule has 2 aromatic heterocycles. The van der Waals surface area contributed by atoms with E-state index < -0.39 is 28.9 Å². The number of para-hydroxylation sites is 1. The molecule has 1 amide bonds. The molecule has 0 aliphatic rings. The Labute approximate surface area is 162 Å². The highest BCUT2D eigenvalue weighted by Gasteiger charge is 2.32. The number of aromatic amines is 1. The van der Waals surface area contributed by atoms with E-state index in [9.17, 15) is 22.8 Å². The van der Waals surface area contributed by atoms with Gasteiger partial charge in [-0.05, 0) is 43.3 Å². The molecule has 0 aliphatic carbocycles. The van der Waals surface area contributed by atoms with Crippen molar-refractivity contribution >= 4 is 33.4 Å². The fourth-order valence-electron chi connectivity index (χ4n) is 3.49. The van der Waals surface area contributed by atoms with Crippen LogP contribution in [0.1, 0.15) is 23.0 Å². The predicted molar refractivity (Wildman–Crippen MR) is 105 cm³/mol. The number of pyridine rings is 1. The first kappa shape index (κ1) is 18.8. The summed E-state index contributed by atoms with van der Waals surface area (Å²) < 4.78 is 40.2. The van der Waals surface area contributed by atoms with Crippen LogP contribution in [0.5, 0.6) is 0 Å². The number of aryl methyl sites for hydroxylation is 1. The third-order valence-electron chi connectivity index (χ3n) is 4.81. The van der Waals surface area contributed by atoms with Crippen molar-refractivity contribution in [2.45, 2.75) is 19.6 Å². The number of hydrogen-bond acceptors (Lipinski definition) is 2. The average Bonchev–Trinajstić information content (AvgIpc) is 3.00. The van der Waals surface area contributed by atoms with Crippen molar-refractivity contribution in [3.05, 3.63) is 76.2 Å². The molecule has 0 bridgehead atoms. The first-order valence-corrected chi connectivity index (χ1v) is 8.92. The van der Waals surface area contributed by atoms with E-state index in [2.05, 4.69) is 9.88 Å². The van der Waals surface area contributed by atoms with Gasteiger partial charge in [-0.1, -0.05) is 18.2 Å². The molecule has 2 heterocycles. The van der Waals surface area contributed by atoms with Gasteiger partial charge in [0.15, 0.2) is 0 Å². The monoisotopic (exact) mass is 399 g/mol. The summed E-state index contributed by atoms with van der Waals surface area (Å²) in [6.45, 7) is 2.81. The number of aromatic nitrogens is 2. The van der Waals surface area contributed by atoms with Crippen LogP contribution in [0.25, 0.3) is 21.8 Å². The van der Waals surface area contributed by atoms with Gasteiger partial charge in [-0.15, -0.1) is 0 Å². The highest BCUT2D eigenvalue weighted by molar-refractivity contribution is 6.11. The van der Waals surface area contributed by atoms with Gasteiger partial charge < -0.3 is 14.9 Å². The summed E-state index contributed by atoms with van der Waals surface area (Å²) in [7, 11) is 0. The van der Waals surface area contributed by atoms with Crippen LogP contribution < -0.4 is 10.9 Å². The Morgan fingerprint density at radius 3 is 2.45 bits per heavy atom. The summed E-state index contributed by atoms with van der Waals surface area (Å²) in [6, 6.07) is 14.8. The van der Waals surface area contributed by atoms with E-state index in [1.165, 1.54) is 0 Å². The minimum Gasteiger partial charge on any atom is -0.341 e. The van der Waals surface area contributed by atoms with Crippen LogP contribution in [0, 0.1) is 0 Å². The molecule has 0 radical (unpaired) electrons. The van der Waals surface area contributed by atoms with Gasteiger partial charge >= 0.3 is 6.18 Å². The van der Waals surface area contributed by atoms with Gasteiger partial charge in [-0.3, -0.25) is 9.59 Å². The minimum absolute atomic E-state index is 0.394. The number of fused-ring (bicyclic) bond motifs is 3. The number of benzene rings is 2. The molecule has 4 rings (SSSR count). The molecule has 148 valence electrons. The van der Waals surface area contributed by atoms with Crippen molar-refractivity contribution in [3.63, 3.8) is 0 Å². The van der Waals surface area contributed by atoms with E-state index in [0.29, 0.717) is 11.8 Å². The molecule has 0 atom stereocenters.